The fraction of sp³-hybridized carbons (Fsp3) is 0.444. The van der Waals surface area contributed by atoms with Crippen molar-refractivity contribution in [2.45, 2.75) is 12.8 Å². The van der Waals surface area contributed by atoms with Gasteiger partial charge in [0.05, 0.1) is 0 Å². The average molecular weight is 169 g/mol. The molecular weight excluding hydrogens is 160 g/mol. The summed E-state index contributed by atoms with van der Waals surface area (Å²) >= 11 is 5.42. The van der Waals surface area contributed by atoms with E-state index in [2.05, 4.69) is 12.2 Å². The first-order valence-electron chi connectivity index (χ1n) is 3.85. The highest BCUT2D eigenvalue weighted by molar-refractivity contribution is 6.67. The summed E-state index contributed by atoms with van der Waals surface area (Å²) in [6, 6.07) is 0. The van der Waals surface area contributed by atoms with Gasteiger partial charge in [-0.05, 0) is 36.3 Å². The zero-order valence-electron chi connectivity index (χ0n) is 6.09. The molecule has 0 aromatic heterocycles. The van der Waals surface area contributed by atoms with E-state index in [1.807, 2.05) is 6.08 Å². The monoisotopic (exact) mass is 168 g/mol. The van der Waals surface area contributed by atoms with E-state index < -0.39 is 0 Å². The lowest BCUT2D eigenvalue weighted by molar-refractivity contribution is -0.109. The van der Waals surface area contributed by atoms with E-state index in [1.165, 1.54) is 0 Å². The Morgan fingerprint density at radius 1 is 1.55 bits per heavy atom. The van der Waals surface area contributed by atoms with Crippen LogP contribution in [0.2, 0.25) is 0 Å². The molecule has 0 amide bonds. The highest BCUT2D eigenvalue weighted by Crippen LogP contribution is 2.40. The summed E-state index contributed by atoms with van der Waals surface area (Å²) < 4.78 is 0. The summed E-state index contributed by atoms with van der Waals surface area (Å²) in [6.07, 6.45) is 8.30. The van der Waals surface area contributed by atoms with Crippen LogP contribution in [0.5, 0.6) is 0 Å². The Labute approximate surface area is 70.7 Å². The largest absolute Gasteiger partial charge is 0.276 e. The molecular formula is C9H9ClO. The Hall–Kier alpha value is -0.560. The minimum Gasteiger partial charge on any atom is -0.276 e. The second-order valence-electron chi connectivity index (χ2n) is 3.10. The highest BCUT2D eigenvalue weighted by Gasteiger charge is 2.32. The molecule has 2 aliphatic rings. The van der Waals surface area contributed by atoms with Crippen LogP contribution in [-0.2, 0) is 4.79 Å². The normalized spacial score (nSPS) is 33.7. The zero-order chi connectivity index (χ0) is 7.84. The Bertz CT molecular complexity index is 252. The quantitative estimate of drug-likeness (QED) is 0.434. The molecule has 2 rings (SSSR count). The fourth-order valence-electron chi connectivity index (χ4n) is 1.95. The Morgan fingerprint density at radius 3 is 3.09 bits per heavy atom. The molecule has 0 saturated heterocycles. The first-order chi connectivity index (χ1) is 5.29. The summed E-state index contributed by atoms with van der Waals surface area (Å²) in [5, 5.41) is -0.263. The minimum atomic E-state index is -0.263. The van der Waals surface area contributed by atoms with Crippen molar-refractivity contribution in [1.82, 2.24) is 0 Å². The van der Waals surface area contributed by atoms with Crippen LogP contribution in [0.25, 0.3) is 0 Å². The van der Waals surface area contributed by atoms with Gasteiger partial charge in [-0.3, -0.25) is 4.79 Å². The zero-order valence-corrected chi connectivity index (χ0v) is 6.84. The average Bonchev–Trinajstić information content (AvgIpc) is 2.41. The van der Waals surface area contributed by atoms with Gasteiger partial charge in [0.1, 0.15) is 0 Å². The Kier molecular flexibility index (Phi) is 1.61. The molecule has 0 radical (unpaired) electrons. The molecule has 2 atom stereocenters. The lowest BCUT2D eigenvalue weighted by Gasteiger charge is -2.10. The predicted molar refractivity (Wildman–Crippen MR) is 44.3 cm³/mol. The molecule has 58 valence electrons. The SMILES string of the molecule is O=C(Cl)C1=CC[C@H]2C=CC[C@@H]12. The van der Waals surface area contributed by atoms with Gasteiger partial charge >= 0.3 is 0 Å². The van der Waals surface area contributed by atoms with Crippen LogP contribution >= 0.6 is 11.6 Å². The van der Waals surface area contributed by atoms with E-state index in [-0.39, 0.29) is 5.24 Å². The molecule has 0 N–H and O–H groups in total. The number of rotatable bonds is 1. The van der Waals surface area contributed by atoms with Crippen molar-refractivity contribution in [3.05, 3.63) is 23.8 Å². The van der Waals surface area contributed by atoms with Crippen molar-refractivity contribution in [3.63, 3.8) is 0 Å². The third kappa shape index (κ3) is 1.04. The molecule has 0 aliphatic heterocycles. The lowest BCUT2D eigenvalue weighted by Crippen LogP contribution is -2.07. The van der Waals surface area contributed by atoms with Crippen LogP contribution in [0, 0.1) is 11.8 Å². The second kappa shape index (κ2) is 2.49. The number of carbonyl (C=O) groups is 1. The molecule has 0 spiro atoms. The van der Waals surface area contributed by atoms with Gasteiger partial charge in [0.25, 0.3) is 0 Å². The molecule has 0 aromatic rings. The molecule has 0 heterocycles. The Balaban J connectivity index is 2.21. The summed E-state index contributed by atoms with van der Waals surface area (Å²) in [5.41, 5.74) is 0.835. The number of carbonyl (C=O) groups excluding carboxylic acids is 1. The van der Waals surface area contributed by atoms with E-state index in [0.29, 0.717) is 11.8 Å². The maximum Gasteiger partial charge on any atom is 0.248 e. The maximum absolute atomic E-state index is 10.9. The fourth-order valence-corrected chi connectivity index (χ4v) is 2.17. The van der Waals surface area contributed by atoms with E-state index in [9.17, 15) is 4.79 Å². The molecule has 0 unspecified atom stereocenters. The van der Waals surface area contributed by atoms with Crippen LogP contribution in [0.3, 0.4) is 0 Å². The van der Waals surface area contributed by atoms with E-state index in [1.54, 1.807) is 0 Å². The first kappa shape index (κ1) is 7.11. The molecule has 2 heteroatoms. The molecule has 0 aromatic carbocycles. The van der Waals surface area contributed by atoms with Gasteiger partial charge in [0, 0.05) is 5.57 Å². The van der Waals surface area contributed by atoms with Gasteiger partial charge in [-0.2, -0.15) is 0 Å². The molecule has 0 bridgehead atoms. The predicted octanol–water partition coefficient (Wildman–Crippen LogP) is 2.27. The molecule has 1 nitrogen and oxygen atoms in total. The van der Waals surface area contributed by atoms with Crippen molar-refractivity contribution in [2.24, 2.45) is 11.8 Å². The van der Waals surface area contributed by atoms with Gasteiger partial charge < -0.3 is 0 Å². The smallest absolute Gasteiger partial charge is 0.248 e. The summed E-state index contributed by atoms with van der Waals surface area (Å²) in [4.78, 5) is 10.9. The van der Waals surface area contributed by atoms with Crippen molar-refractivity contribution >= 4 is 16.8 Å². The van der Waals surface area contributed by atoms with E-state index >= 15 is 0 Å². The lowest BCUT2D eigenvalue weighted by atomic mass is 9.95. The molecule has 0 fully saturated rings. The summed E-state index contributed by atoms with van der Waals surface area (Å²) in [7, 11) is 0. The second-order valence-corrected chi connectivity index (χ2v) is 3.45. The Morgan fingerprint density at radius 2 is 2.36 bits per heavy atom. The molecule has 11 heavy (non-hydrogen) atoms. The van der Waals surface area contributed by atoms with Crippen LogP contribution in [0.4, 0.5) is 0 Å². The van der Waals surface area contributed by atoms with Crippen LogP contribution in [0.1, 0.15) is 12.8 Å². The number of halogens is 1. The summed E-state index contributed by atoms with van der Waals surface area (Å²) in [5.74, 6) is 0.965. The number of hydrogen-bond acceptors (Lipinski definition) is 1. The topological polar surface area (TPSA) is 17.1 Å². The van der Waals surface area contributed by atoms with Crippen molar-refractivity contribution < 1.29 is 4.79 Å². The van der Waals surface area contributed by atoms with E-state index in [4.69, 9.17) is 11.6 Å². The van der Waals surface area contributed by atoms with Gasteiger partial charge in [0.15, 0.2) is 0 Å². The number of hydrogen-bond donors (Lipinski definition) is 0. The highest BCUT2D eigenvalue weighted by atomic mass is 35.5. The number of fused-ring (bicyclic) bond motifs is 1. The van der Waals surface area contributed by atoms with Crippen LogP contribution in [0.15, 0.2) is 23.8 Å². The van der Waals surface area contributed by atoms with Gasteiger partial charge in [-0.15, -0.1) is 0 Å². The maximum atomic E-state index is 10.9. The van der Waals surface area contributed by atoms with Gasteiger partial charge in [-0.25, -0.2) is 0 Å². The van der Waals surface area contributed by atoms with Crippen LogP contribution < -0.4 is 0 Å². The van der Waals surface area contributed by atoms with Gasteiger partial charge in [0.2, 0.25) is 5.24 Å². The standard InChI is InChI=1S/C9H9ClO/c10-9(11)8-5-4-6-2-1-3-7(6)8/h1-2,5-7H,3-4H2/t6-,7-/m1/s1. The van der Waals surface area contributed by atoms with Crippen molar-refractivity contribution in [1.29, 1.82) is 0 Å². The summed E-state index contributed by atoms with van der Waals surface area (Å²) in [6.45, 7) is 0. The minimum absolute atomic E-state index is 0.263. The van der Waals surface area contributed by atoms with Crippen molar-refractivity contribution in [2.75, 3.05) is 0 Å². The third-order valence-electron chi connectivity index (χ3n) is 2.53. The third-order valence-corrected chi connectivity index (χ3v) is 2.74. The molecule has 0 saturated carbocycles. The van der Waals surface area contributed by atoms with Crippen molar-refractivity contribution in [3.8, 4) is 0 Å². The van der Waals surface area contributed by atoms with E-state index in [0.717, 1.165) is 18.4 Å². The van der Waals surface area contributed by atoms with Crippen LogP contribution in [-0.4, -0.2) is 5.24 Å². The first-order valence-corrected chi connectivity index (χ1v) is 4.23. The van der Waals surface area contributed by atoms with Gasteiger partial charge in [-0.1, -0.05) is 18.2 Å². The molecule has 2 aliphatic carbocycles. The number of allylic oxidation sites excluding steroid dienone is 4.